The normalized spacial score (nSPS) is 20.6. The van der Waals surface area contributed by atoms with Gasteiger partial charge in [0.2, 0.25) is 11.8 Å². The summed E-state index contributed by atoms with van der Waals surface area (Å²) in [5.41, 5.74) is 1.05. The summed E-state index contributed by atoms with van der Waals surface area (Å²) in [5, 5.41) is 6.11. The molecule has 0 spiro atoms. The minimum atomic E-state index is -0.106. The molecule has 1 saturated heterocycles. The van der Waals surface area contributed by atoms with Gasteiger partial charge in [-0.1, -0.05) is 6.07 Å². The summed E-state index contributed by atoms with van der Waals surface area (Å²) in [4.78, 5) is 31.4. The second-order valence-electron chi connectivity index (χ2n) is 6.89. The Balaban J connectivity index is 1.64. The summed E-state index contributed by atoms with van der Waals surface area (Å²) in [6, 6.07) is 5.96. The Hall–Kier alpha value is -2.15. The van der Waals surface area contributed by atoms with Crippen LogP contribution < -0.4 is 10.6 Å². The first-order valence-electron chi connectivity index (χ1n) is 9.55. The Labute approximate surface area is 154 Å². The lowest BCUT2D eigenvalue weighted by atomic mass is 9.98. The van der Waals surface area contributed by atoms with E-state index in [1.54, 1.807) is 4.90 Å². The summed E-state index contributed by atoms with van der Waals surface area (Å²) >= 11 is 0. The summed E-state index contributed by atoms with van der Waals surface area (Å²) in [7, 11) is 0. The molecule has 0 atom stereocenters. The van der Waals surface area contributed by atoms with Crippen molar-refractivity contribution in [1.29, 1.82) is 0 Å². The van der Waals surface area contributed by atoms with Gasteiger partial charge in [0.1, 0.15) is 5.82 Å². The molecule has 7 heteroatoms. The van der Waals surface area contributed by atoms with Gasteiger partial charge in [0, 0.05) is 44.5 Å². The molecular weight excluding hydrogens is 332 g/mol. The highest BCUT2D eigenvalue weighted by Gasteiger charge is 2.27. The van der Waals surface area contributed by atoms with Gasteiger partial charge in [-0.05, 0) is 44.2 Å². The summed E-state index contributed by atoms with van der Waals surface area (Å²) in [6.07, 6.45) is 4.17. The maximum absolute atomic E-state index is 12.8. The molecule has 0 radical (unpaired) electrons. The Morgan fingerprint density at radius 2 is 1.96 bits per heavy atom. The SMILES string of the molecule is O=C1CN(C(=O)C2CCOCC2)CCCCc2cccc(n2)NCCN1. The second-order valence-corrected chi connectivity index (χ2v) is 6.89. The van der Waals surface area contributed by atoms with Crippen LogP contribution in [-0.2, 0) is 20.7 Å². The highest BCUT2D eigenvalue weighted by atomic mass is 16.5. The van der Waals surface area contributed by atoms with Gasteiger partial charge in [-0.2, -0.15) is 0 Å². The number of hydrogen-bond donors (Lipinski definition) is 2. The number of anilines is 1. The first-order valence-corrected chi connectivity index (χ1v) is 9.55. The lowest BCUT2D eigenvalue weighted by Crippen LogP contribution is -2.45. The molecule has 3 heterocycles. The zero-order valence-corrected chi connectivity index (χ0v) is 15.2. The van der Waals surface area contributed by atoms with Crippen LogP contribution >= 0.6 is 0 Å². The van der Waals surface area contributed by atoms with Crippen molar-refractivity contribution in [1.82, 2.24) is 15.2 Å². The number of carbonyl (C=O) groups is 2. The number of pyridine rings is 1. The monoisotopic (exact) mass is 360 g/mol. The van der Waals surface area contributed by atoms with Crippen LogP contribution in [0.1, 0.15) is 31.4 Å². The molecule has 2 aliphatic heterocycles. The standard InChI is InChI=1S/C19H28N4O3/c24-18-14-23(19(25)15-7-12-26-13-8-15)11-2-1-4-16-5-3-6-17(22-16)20-9-10-21-18/h3,5-6,15H,1-2,4,7-14H2,(H,20,22)(H,21,24). The molecule has 3 rings (SSSR count). The van der Waals surface area contributed by atoms with Gasteiger partial charge in [-0.15, -0.1) is 0 Å². The van der Waals surface area contributed by atoms with E-state index >= 15 is 0 Å². The number of carbonyl (C=O) groups excluding carboxylic acids is 2. The Kier molecular flexibility index (Phi) is 6.82. The van der Waals surface area contributed by atoms with E-state index in [1.807, 2.05) is 18.2 Å². The number of nitrogens with one attached hydrogen (secondary N) is 2. The van der Waals surface area contributed by atoms with Gasteiger partial charge in [0.25, 0.3) is 0 Å². The number of amides is 2. The fourth-order valence-electron chi connectivity index (χ4n) is 3.42. The highest BCUT2D eigenvalue weighted by molar-refractivity contribution is 5.86. The van der Waals surface area contributed by atoms with Gasteiger partial charge < -0.3 is 20.3 Å². The van der Waals surface area contributed by atoms with Crippen molar-refractivity contribution in [2.75, 3.05) is 44.7 Å². The molecule has 2 N–H and O–H groups in total. The number of aryl methyl sites for hydroxylation is 1. The third kappa shape index (κ3) is 5.42. The number of fused-ring (bicyclic) bond motifs is 2. The van der Waals surface area contributed by atoms with Crippen molar-refractivity contribution < 1.29 is 14.3 Å². The molecular formula is C19H28N4O3. The summed E-state index contributed by atoms with van der Waals surface area (Å²) in [5.74, 6) is 0.806. The van der Waals surface area contributed by atoms with Crippen LogP contribution in [0.3, 0.4) is 0 Å². The molecule has 0 aliphatic carbocycles. The Bertz CT molecular complexity index is 617. The van der Waals surface area contributed by atoms with Crippen LogP contribution in [-0.4, -0.2) is 61.1 Å². The van der Waals surface area contributed by atoms with Crippen molar-refractivity contribution >= 4 is 17.6 Å². The third-order valence-electron chi connectivity index (χ3n) is 4.89. The van der Waals surface area contributed by atoms with Crippen molar-refractivity contribution in [2.24, 2.45) is 5.92 Å². The molecule has 1 aromatic rings. The zero-order valence-electron chi connectivity index (χ0n) is 15.2. The minimum absolute atomic E-state index is 0.0181. The van der Waals surface area contributed by atoms with E-state index < -0.39 is 0 Å². The predicted octanol–water partition coefficient (Wildman–Crippen LogP) is 1.20. The van der Waals surface area contributed by atoms with E-state index in [4.69, 9.17) is 4.74 Å². The van der Waals surface area contributed by atoms with Crippen LogP contribution in [0.15, 0.2) is 18.2 Å². The van der Waals surface area contributed by atoms with Crippen LogP contribution in [0.25, 0.3) is 0 Å². The maximum atomic E-state index is 12.8. The number of hydrogen-bond acceptors (Lipinski definition) is 5. The van der Waals surface area contributed by atoms with E-state index in [0.29, 0.717) is 32.8 Å². The number of ether oxygens (including phenoxy) is 1. The molecule has 26 heavy (non-hydrogen) atoms. The topological polar surface area (TPSA) is 83.6 Å². The molecule has 0 unspecified atom stereocenters. The fourth-order valence-corrected chi connectivity index (χ4v) is 3.42. The van der Waals surface area contributed by atoms with Crippen molar-refractivity contribution in [2.45, 2.75) is 32.1 Å². The first kappa shape index (κ1) is 18.6. The molecule has 1 aromatic heterocycles. The third-order valence-corrected chi connectivity index (χ3v) is 4.89. The average Bonchev–Trinajstić information content (AvgIpc) is 2.67. The van der Waals surface area contributed by atoms with E-state index in [0.717, 1.165) is 43.6 Å². The first-order chi connectivity index (χ1) is 12.7. The molecule has 2 aliphatic rings. The summed E-state index contributed by atoms with van der Waals surface area (Å²) in [6.45, 7) is 3.12. The molecule has 0 saturated carbocycles. The van der Waals surface area contributed by atoms with E-state index in [1.165, 1.54) is 0 Å². The number of aromatic nitrogens is 1. The number of nitrogens with zero attached hydrogens (tertiary/aromatic N) is 2. The van der Waals surface area contributed by atoms with E-state index in [-0.39, 0.29) is 24.3 Å². The second kappa shape index (κ2) is 9.52. The zero-order chi connectivity index (χ0) is 18.2. The van der Waals surface area contributed by atoms with Crippen LogP contribution in [0.2, 0.25) is 0 Å². The lowest BCUT2D eigenvalue weighted by molar-refractivity contribution is -0.142. The van der Waals surface area contributed by atoms with Crippen LogP contribution in [0, 0.1) is 5.92 Å². The largest absolute Gasteiger partial charge is 0.381 e. The Morgan fingerprint density at radius 1 is 1.15 bits per heavy atom. The van der Waals surface area contributed by atoms with Crippen molar-refractivity contribution in [3.63, 3.8) is 0 Å². The van der Waals surface area contributed by atoms with Crippen molar-refractivity contribution in [3.8, 4) is 0 Å². The van der Waals surface area contributed by atoms with Crippen LogP contribution in [0.4, 0.5) is 5.82 Å². The minimum Gasteiger partial charge on any atom is -0.381 e. The smallest absolute Gasteiger partial charge is 0.239 e. The fraction of sp³-hybridized carbons (Fsp3) is 0.632. The molecule has 7 nitrogen and oxygen atoms in total. The lowest BCUT2D eigenvalue weighted by Gasteiger charge is -2.29. The molecule has 0 aromatic carbocycles. The van der Waals surface area contributed by atoms with Gasteiger partial charge >= 0.3 is 0 Å². The highest BCUT2D eigenvalue weighted by Crippen LogP contribution is 2.18. The van der Waals surface area contributed by atoms with Crippen LogP contribution in [0.5, 0.6) is 0 Å². The molecule has 2 bridgehead atoms. The van der Waals surface area contributed by atoms with Gasteiger partial charge in [0.15, 0.2) is 0 Å². The molecule has 142 valence electrons. The Morgan fingerprint density at radius 3 is 2.81 bits per heavy atom. The molecule has 1 fully saturated rings. The maximum Gasteiger partial charge on any atom is 0.239 e. The predicted molar refractivity (Wildman–Crippen MR) is 98.8 cm³/mol. The van der Waals surface area contributed by atoms with E-state index in [9.17, 15) is 9.59 Å². The number of rotatable bonds is 1. The van der Waals surface area contributed by atoms with Gasteiger partial charge in [-0.25, -0.2) is 4.98 Å². The van der Waals surface area contributed by atoms with E-state index in [2.05, 4.69) is 15.6 Å². The van der Waals surface area contributed by atoms with Gasteiger partial charge in [-0.3, -0.25) is 9.59 Å². The average molecular weight is 360 g/mol. The van der Waals surface area contributed by atoms with Crippen molar-refractivity contribution in [3.05, 3.63) is 23.9 Å². The molecule has 2 amide bonds. The van der Waals surface area contributed by atoms with Gasteiger partial charge in [0.05, 0.1) is 6.54 Å². The quantitative estimate of drug-likeness (QED) is 0.786. The summed E-state index contributed by atoms with van der Waals surface area (Å²) < 4.78 is 5.35.